The molecule has 0 bridgehead atoms. The Hall–Kier alpha value is -1.33. The van der Waals surface area contributed by atoms with Crippen molar-refractivity contribution in [1.29, 1.82) is 0 Å². The largest absolute Gasteiger partial charge is 0.312 e. The van der Waals surface area contributed by atoms with Crippen molar-refractivity contribution in [3.8, 4) is 10.7 Å². The third kappa shape index (κ3) is 2.25. The molecule has 2 rings (SSSR count). The summed E-state index contributed by atoms with van der Waals surface area (Å²) in [5, 5.41) is 4.14. The highest BCUT2D eigenvalue weighted by molar-refractivity contribution is 7.15. The summed E-state index contributed by atoms with van der Waals surface area (Å²) in [5.41, 5.74) is 0.895. The Bertz CT molecular complexity index is 480. The van der Waals surface area contributed by atoms with E-state index in [1.54, 1.807) is 17.5 Å². The monoisotopic (exact) mass is 234 g/mol. The second-order valence-corrected chi connectivity index (χ2v) is 4.63. The maximum atomic E-state index is 4.38. The van der Waals surface area contributed by atoms with Crippen LogP contribution in [-0.4, -0.2) is 22.0 Å². The SMILES string of the molecule is CNC(C)c1cnc(-c2ccnc(C)n2)s1. The minimum atomic E-state index is 0.328. The molecule has 2 aromatic rings. The van der Waals surface area contributed by atoms with Gasteiger partial charge in [-0.15, -0.1) is 11.3 Å². The van der Waals surface area contributed by atoms with Crippen molar-refractivity contribution in [2.45, 2.75) is 19.9 Å². The Morgan fingerprint density at radius 1 is 1.38 bits per heavy atom. The van der Waals surface area contributed by atoms with Crippen LogP contribution in [0.5, 0.6) is 0 Å². The molecule has 1 unspecified atom stereocenters. The number of nitrogens with one attached hydrogen (secondary N) is 1. The number of aromatic nitrogens is 3. The van der Waals surface area contributed by atoms with E-state index in [1.807, 2.05) is 26.2 Å². The van der Waals surface area contributed by atoms with E-state index >= 15 is 0 Å². The van der Waals surface area contributed by atoms with E-state index in [9.17, 15) is 0 Å². The molecule has 84 valence electrons. The summed E-state index contributed by atoms with van der Waals surface area (Å²) in [6, 6.07) is 2.22. The van der Waals surface area contributed by atoms with Gasteiger partial charge in [-0.3, -0.25) is 0 Å². The molecule has 0 saturated heterocycles. The summed E-state index contributed by atoms with van der Waals surface area (Å²) in [7, 11) is 1.94. The van der Waals surface area contributed by atoms with Gasteiger partial charge in [-0.2, -0.15) is 0 Å². The first-order valence-corrected chi connectivity index (χ1v) is 5.95. The van der Waals surface area contributed by atoms with Crippen LogP contribution in [0.1, 0.15) is 23.7 Å². The Labute approximate surface area is 98.8 Å². The lowest BCUT2D eigenvalue weighted by Gasteiger charge is -2.04. The van der Waals surface area contributed by atoms with Crippen molar-refractivity contribution in [3.63, 3.8) is 0 Å². The van der Waals surface area contributed by atoms with Crippen LogP contribution < -0.4 is 5.32 Å². The van der Waals surface area contributed by atoms with Crippen LogP contribution in [0.2, 0.25) is 0 Å². The molecule has 0 fully saturated rings. The molecule has 1 N–H and O–H groups in total. The van der Waals surface area contributed by atoms with Crippen molar-refractivity contribution >= 4 is 11.3 Å². The van der Waals surface area contributed by atoms with Crippen LogP contribution in [0.4, 0.5) is 0 Å². The minimum Gasteiger partial charge on any atom is -0.312 e. The van der Waals surface area contributed by atoms with Crippen molar-refractivity contribution in [3.05, 3.63) is 29.2 Å². The van der Waals surface area contributed by atoms with E-state index in [2.05, 4.69) is 27.2 Å². The molecular formula is C11H14N4S. The van der Waals surface area contributed by atoms with Crippen molar-refractivity contribution < 1.29 is 0 Å². The molecule has 4 nitrogen and oxygen atoms in total. The van der Waals surface area contributed by atoms with E-state index in [4.69, 9.17) is 0 Å². The van der Waals surface area contributed by atoms with Gasteiger partial charge in [0.25, 0.3) is 0 Å². The number of hydrogen-bond acceptors (Lipinski definition) is 5. The average molecular weight is 234 g/mol. The van der Waals surface area contributed by atoms with Gasteiger partial charge >= 0.3 is 0 Å². The van der Waals surface area contributed by atoms with E-state index < -0.39 is 0 Å². The highest BCUT2D eigenvalue weighted by atomic mass is 32.1. The molecule has 2 heterocycles. The molecule has 0 radical (unpaired) electrons. The van der Waals surface area contributed by atoms with Gasteiger partial charge < -0.3 is 5.32 Å². The van der Waals surface area contributed by atoms with Crippen LogP contribution in [0.25, 0.3) is 10.7 Å². The normalized spacial score (nSPS) is 12.7. The number of hydrogen-bond donors (Lipinski definition) is 1. The molecule has 0 aliphatic heterocycles. The van der Waals surface area contributed by atoms with Gasteiger partial charge in [0.15, 0.2) is 0 Å². The lowest BCUT2D eigenvalue weighted by atomic mass is 10.3. The van der Waals surface area contributed by atoms with Crippen LogP contribution in [-0.2, 0) is 0 Å². The smallest absolute Gasteiger partial charge is 0.142 e. The number of thiazole rings is 1. The highest BCUT2D eigenvalue weighted by Gasteiger charge is 2.10. The fraction of sp³-hybridized carbons (Fsp3) is 0.364. The summed E-state index contributed by atoms with van der Waals surface area (Å²) in [6.07, 6.45) is 3.67. The number of nitrogens with zero attached hydrogens (tertiary/aromatic N) is 3. The maximum absolute atomic E-state index is 4.38. The van der Waals surface area contributed by atoms with Crippen LogP contribution in [0.15, 0.2) is 18.5 Å². The van der Waals surface area contributed by atoms with Gasteiger partial charge in [0.2, 0.25) is 0 Å². The third-order valence-electron chi connectivity index (χ3n) is 2.38. The minimum absolute atomic E-state index is 0.328. The molecular weight excluding hydrogens is 220 g/mol. The summed E-state index contributed by atoms with van der Waals surface area (Å²) < 4.78 is 0. The Morgan fingerprint density at radius 3 is 2.88 bits per heavy atom. The molecule has 5 heteroatoms. The molecule has 0 amide bonds. The quantitative estimate of drug-likeness (QED) is 0.884. The fourth-order valence-electron chi connectivity index (χ4n) is 1.32. The summed E-state index contributed by atoms with van der Waals surface area (Å²) in [6.45, 7) is 4.00. The van der Waals surface area contributed by atoms with Gasteiger partial charge in [0.1, 0.15) is 16.5 Å². The topological polar surface area (TPSA) is 50.7 Å². The van der Waals surface area contributed by atoms with Gasteiger partial charge in [-0.1, -0.05) is 0 Å². The predicted octanol–water partition coefficient (Wildman–Crippen LogP) is 2.19. The molecule has 16 heavy (non-hydrogen) atoms. The number of rotatable bonds is 3. The third-order valence-corrected chi connectivity index (χ3v) is 3.58. The van der Waals surface area contributed by atoms with Gasteiger partial charge in [-0.05, 0) is 27.0 Å². The van der Waals surface area contributed by atoms with Crippen molar-refractivity contribution in [2.75, 3.05) is 7.05 Å². The summed E-state index contributed by atoms with van der Waals surface area (Å²) in [5.74, 6) is 0.774. The van der Waals surface area contributed by atoms with E-state index in [-0.39, 0.29) is 0 Å². The lowest BCUT2D eigenvalue weighted by Crippen LogP contribution is -2.10. The van der Waals surface area contributed by atoms with Gasteiger partial charge in [0.05, 0.1) is 0 Å². The molecule has 1 atom stereocenters. The van der Waals surface area contributed by atoms with E-state index in [0.717, 1.165) is 16.5 Å². The first kappa shape index (κ1) is 11.2. The molecule has 0 aromatic carbocycles. The molecule has 2 aromatic heterocycles. The highest BCUT2D eigenvalue weighted by Crippen LogP contribution is 2.26. The van der Waals surface area contributed by atoms with Gasteiger partial charge in [0, 0.05) is 23.3 Å². The van der Waals surface area contributed by atoms with Crippen LogP contribution >= 0.6 is 11.3 Å². The van der Waals surface area contributed by atoms with Gasteiger partial charge in [-0.25, -0.2) is 15.0 Å². The second-order valence-electron chi connectivity index (χ2n) is 3.57. The first-order chi connectivity index (χ1) is 7.70. The second kappa shape index (κ2) is 4.67. The zero-order chi connectivity index (χ0) is 11.5. The Balaban J connectivity index is 2.31. The molecule has 0 saturated carbocycles. The zero-order valence-electron chi connectivity index (χ0n) is 9.56. The predicted molar refractivity (Wildman–Crippen MR) is 65.4 cm³/mol. The lowest BCUT2D eigenvalue weighted by molar-refractivity contribution is 0.662. The zero-order valence-corrected chi connectivity index (χ0v) is 10.4. The molecule has 0 aliphatic rings. The molecule has 0 aliphatic carbocycles. The first-order valence-electron chi connectivity index (χ1n) is 5.13. The number of aryl methyl sites for hydroxylation is 1. The fourth-order valence-corrected chi connectivity index (χ4v) is 2.27. The average Bonchev–Trinajstić information content (AvgIpc) is 2.77. The standard InChI is InChI=1S/C11H14N4S/c1-7(12-3)10-6-14-11(16-10)9-4-5-13-8(2)15-9/h4-7,12H,1-3H3. The van der Waals surface area contributed by atoms with Crippen LogP contribution in [0.3, 0.4) is 0 Å². The summed E-state index contributed by atoms with van der Waals surface area (Å²) >= 11 is 1.66. The van der Waals surface area contributed by atoms with Crippen molar-refractivity contribution in [2.24, 2.45) is 0 Å². The van der Waals surface area contributed by atoms with E-state index in [0.29, 0.717) is 6.04 Å². The molecule has 0 spiro atoms. The van der Waals surface area contributed by atoms with Crippen molar-refractivity contribution in [1.82, 2.24) is 20.3 Å². The Morgan fingerprint density at radius 2 is 2.19 bits per heavy atom. The summed E-state index contributed by atoms with van der Waals surface area (Å²) in [4.78, 5) is 14.0. The maximum Gasteiger partial charge on any atom is 0.142 e. The van der Waals surface area contributed by atoms with Crippen LogP contribution in [0, 0.1) is 6.92 Å². The Kier molecular flexibility index (Phi) is 3.26. The van der Waals surface area contributed by atoms with E-state index in [1.165, 1.54) is 4.88 Å².